The fourth-order valence-electron chi connectivity index (χ4n) is 0.957. The van der Waals surface area contributed by atoms with Crippen LogP contribution in [0.25, 0.3) is 12.2 Å². The summed E-state index contributed by atoms with van der Waals surface area (Å²) in [7, 11) is 0. The van der Waals surface area contributed by atoms with Gasteiger partial charge in [0, 0.05) is 11.8 Å². The molecule has 1 aliphatic carbocycles. The van der Waals surface area contributed by atoms with Gasteiger partial charge >= 0.3 is 0 Å². The first-order valence-corrected chi connectivity index (χ1v) is 5.02. The molecule has 1 aliphatic rings. The first-order chi connectivity index (χ1) is 5.97. The van der Waals surface area contributed by atoms with Crippen LogP contribution in [-0.2, 0) is 0 Å². The Morgan fingerprint density at radius 2 is 2.00 bits per heavy atom. The van der Waals surface area contributed by atoms with E-state index < -0.39 is 0 Å². The second-order valence-corrected chi connectivity index (χ2v) is 3.02. The highest BCUT2D eigenvalue weighted by Crippen LogP contribution is 2.19. The van der Waals surface area contributed by atoms with E-state index in [9.17, 15) is 0 Å². The van der Waals surface area contributed by atoms with Crippen molar-refractivity contribution in [2.24, 2.45) is 0 Å². The first kappa shape index (κ1) is 9.20. The molecular formula is C10H13NS. The van der Waals surface area contributed by atoms with Gasteiger partial charge in [0.1, 0.15) is 0 Å². The smallest absolute Gasteiger partial charge is 0.0546 e. The maximum atomic E-state index is 4.08. The van der Waals surface area contributed by atoms with Crippen LogP contribution in [0.1, 0.15) is 30.7 Å². The third kappa shape index (κ3) is 2.05. The minimum atomic E-state index is 1.04. The summed E-state index contributed by atoms with van der Waals surface area (Å²) in [5.74, 6) is 0. The highest BCUT2D eigenvalue weighted by molar-refractivity contribution is 7.07. The molecule has 1 aromatic heterocycles. The molecule has 0 fully saturated rings. The zero-order valence-corrected chi connectivity index (χ0v) is 8.27. The maximum Gasteiger partial charge on any atom is 0.0546 e. The van der Waals surface area contributed by atoms with Crippen molar-refractivity contribution < 1.29 is 0 Å². The molecule has 0 amide bonds. The molecule has 0 atom stereocenters. The summed E-state index contributed by atoms with van der Waals surface area (Å²) in [6.45, 7) is 4.00. The van der Waals surface area contributed by atoms with Gasteiger partial charge in [0.05, 0.1) is 4.88 Å². The van der Waals surface area contributed by atoms with E-state index in [2.05, 4.69) is 28.7 Å². The molecule has 0 aromatic carbocycles. The number of fused-ring (bicyclic) bond motifs is 1. The quantitative estimate of drug-likeness (QED) is 0.593. The van der Waals surface area contributed by atoms with Gasteiger partial charge in [-0.2, -0.15) is 4.37 Å². The number of rotatable bonds is 0. The number of aromatic nitrogens is 1. The standard InChI is InChI=1S/C8H7NS.C2H6/c1-2-4-7-6-9-10-8(7)5-3-1;1-2/h2-6H,1H2;1-2H3. The van der Waals surface area contributed by atoms with Crippen molar-refractivity contribution in [3.63, 3.8) is 0 Å². The van der Waals surface area contributed by atoms with Crippen LogP contribution in [0.5, 0.6) is 0 Å². The molecule has 12 heavy (non-hydrogen) atoms. The van der Waals surface area contributed by atoms with Crippen LogP contribution >= 0.6 is 11.5 Å². The van der Waals surface area contributed by atoms with Gasteiger partial charge in [0.2, 0.25) is 0 Å². The van der Waals surface area contributed by atoms with Crippen molar-refractivity contribution in [1.82, 2.24) is 4.37 Å². The molecule has 1 heterocycles. The van der Waals surface area contributed by atoms with E-state index in [1.165, 1.54) is 10.4 Å². The van der Waals surface area contributed by atoms with Crippen molar-refractivity contribution in [3.05, 3.63) is 28.8 Å². The maximum absolute atomic E-state index is 4.08. The molecule has 2 rings (SSSR count). The average Bonchev–Trinajstić information content (AvgIpc) is 2.46. The molecular weight excluding hydrogens is 166 g/mol. The molecule has 0 N–H and O–H groups in total. The van der Waals surface area contributed by atoms with Gasteiger partial charge in [-0.1, -0.05) is 32.1 Å². The van der Waals surface area contributed by atoms with Crippen LogP contribution in [0.4, 0.5) is 0 Å². The van der Waals surface area contributed by atoms with Gasteiger partial charge in [-0.3, -0.25) is 0 Å². The van der Waals surface area contributed by atoms with E-state index in [-0.39, 0.29) is 0 Å². The van der Waals surface area contributed by atoms with Crippen LogP contribution in [0.2, 0.25) is 0 Å². The second kappa shape index (κ2) is 4.88. The van der Waals surface area contributed by atoms with Crippen LogP contribution in [0.15, 0.2) is 18.3 Å². The van der Waals surface area contributed by atoms with Gasteiger partial charge in [-0.05, 0) is 24.0 Å². The predicted molar refractivity (Wildman–Crippen MR) is 56.1 cm³/mol. The third-order valence-electron chi connectivity index (χ3n) is 1.47. The number of allylic oxidation sites excluding steroid dienone is 2. The fraction of sp³-hybridized carbons (Fsp3) is 0.300. The first-order valence-electron chi connectivity index (χ1n) is 4.24. The largest absolute Gasteiger partial charge is 0.200 e. The molecule has 0 bridgehead atoms. The van der Waals surface area contributed by atoms with Crippen LogP contribution in [0, 0.1) is 0 Å². The van der Waals surface area contributed by atoms with Crippen molar-refractivity contribution in [2.75, 3.05) is 0 Å². The molecule has 0 saturated carbocycles. The summed E-state index contributed by atoms with van der Waals surface area (Å²) in [6, 6.07) is 0. The number of hydrogen-bond donors (Lipinski definition) is 0. The molecule has 64 valence electrons. The Morgan fingerprint density at radius 1 is 1.25 bits per heavy atom. The Labute approximate surface area is 77.6 Å². The molecule has 1 nitrogen and oxygen atoms in total. The van der Waals surface area contributed by atoms with Crippen LogP contribution in [-0.4, -0.2) is 4.37 Å². The van der Waals surface area contributed by atoms with Crippen LogP contribution < -0.4 is 0 Å². The van der Waals surface area contributed by atoms with Crippen molar-refractivity contribution >= 4 is 23.7 Å². The normalized spacial score (nSPS) is 12.8. The summed E-state index contributed by atoms with van der Waals surface area (Å²) in [4.78, 5) is 1.27. The highest BCUT2D eigenvalue weighted by Gasteiger charge is 1.99. The monoisotopic (exact) mass is 179 g/mol. The van der Waals surface area contributed by atoms with Gasteiger partial charge in [-0.15, -0.1) is 0 Å². The minimum absolute atomic E-state index is 1.04. The Bertz CT molecular complexity index is 257. The summed E-state index contributed by atoms with van der Waals surface area (Å²) < 4.78 is 4.08. The average molecular weight is 179 g/mol. The van der Waals surface area contributed by atoms with Gasteiger partial charge in [-0.25, -0.2) is 0 Å². The Kier molecular flexibility index (Phi) is 3.74. The molecule has 0 radical (unpaired) electrons. The molecule has 2 heteroatoms. The van der Waals surface area contributed by atoms with Crippen molar-refractivity contribution in [3.8, 4) is 0 Å². The zero-order valence-electron chi connectivity index (χ0n) is 7.45. The summed E-state index contributed by atoms with van der Waals surface area (Å²) in [5, 5.41) is 0. The lowest BCUT2D eigenvalue weighted by Crippen LogP contribution is -1.64. The molecule has 0 saturated heterocycles. The van der Waals surface area contributed by atoms with E-state index >= 15 is 0 Å². The Hall–Kier alpha value is -0.890. The van der Waals surface area contributed by atoms with Gasteiger partial charge < -0.3 is 0 Å². The second-order valence-electron chi connectivity index (χ2n) is 2.19. The lowest BCUT2D eigenvalue weighted by molar-refractivity contribution is 1.43. The molecule has 0 unspecified atom stereocenters. The SMILES string of the molecule is C1=Cc2cnsc2C=CC1.CC. The third-order valence-corrected chi connectivity index (χ3v) is 2.25. The topological polar surface area (TPSA) is 12.9 Å². The van der Waals surface area contributed by atoms with E-state index in [0.717, 1.165) is 6.42 Å². The lowest BCUT2D eigenvalue weighted by atomic mass is 10.3. The molecule has 0 spiro atoms. The Balaban J connectivity index is 0.000000336. The fourth-order valence-corrected chi connectivity index (χ4v) is 1.62. The zero-order chi connectivity index (χ0) is 8.81. The predicted octanol–water partition coefficient (Wildman–Crippen LogP) is 3.60. The van der Waals surface area contributed by atoms with E-state index in [1.54, 1.807) is 11.5 Å². The van der Waals surface area contributed by atoms with E-state index in [4.69, 9.17) is 0 Å². The highest BCUT2D eigenvalue weighted by atomic mass is 32.1. The number of hydrogen-bond acceptors (Lipinski definition) is 2. The van der Waals surface area contributed by atoms with Gasteiger partial charge in [0.15, 0.2) is 0 Å². The van der Waals surface area contributed by atoms with Crippen molar-refractivity contribution in [2.45, 2.75) is 20.3 Å². The summed E-state index contributed by atoms with van der Waals surface area (Å²) >= 11 is 1.55. The van der Waals surface area contributed by atoms with Crippen LogP contribution in [0.3, 0.4) is 0 Å². The Morgan fingerprint density at radius 3 is 2.83 bits per heavy atom. The molecule has 1 aromatic rings. The van der Waals surface area contributed by atoms with Gasteiger partial charge in [0.25, 0.3) is 0 Å². The van der Waals surface area contributed by atoms with Crippen molar-refractivity contribution in [1.29, 1.82) is 0 Å². The molecule has 0 aliphatic heterocycles. The van der Waals surface area contributed by atoms with E-state index in [0.29, 0.717) is 0 Å². The number of nitrogens with zero attached hydrogens (tertiary/aromatic N) is 1. The van der Waals surface area contributed by atoms with E-state index in [1.807, 2.05) is 20.0 Å². The summed E-state index contributed by atoms with van der Waals surface area (Å²) in [5.41, 5.74) is 1.25. The minimum Gasteiger partial charge on any atom is -0.200 e. The summed E-state index contributed by atoms with van der Waals surface area (Å²) in [6.07, 6.45) is 11.5. The lowest BCUT2D eigenvalue weighted by Gasteiger charge is -1.82.